The van der Waals surface area contributed by atoms with Crippen LogP contribution in [0.2, 0.25) is 0 Å². The molecule has 8 heteroatoms. The minimum atomic E-state index is -0.282. The number of allylic oxidation sites excluding steroid dienone is 3. The predicted octanol–water partition coefficient (Wildman–Crippen LogP) is 9.69. The number of esters is 1. The van der Waals surface area contributed by atoms with E-state index < -0.39 is 0 Å². The van der Waals surface area contributed by atoms with Crippen LogP contribution in [0.1, 0.15) is 21.5 Å². The van der Waals surface area contributed by atoms with E-state index in [2.05, 4.69) is 95.9 Å². The summed E-state index contributed by atoms with van der Waals surface area (Å²) in [5.41, 5.74) is 5.28. The Morgan fingerprint density at radius 3 is 2.00 bits per heavy atom. The summed E-state index contributed by atoms with van der Waals surface area (Å²) in [5, 5.41) is 1.07. The number of benzene rings is 3. The summed E-state index contributed by atoms with van der Waals surface area (Å²) in [7, 11) is 5.40. The Morgan fingerprint density at radius 1 is 0.867 bits per heavy atom. The Morgan fingerprint density at radius 2 is 1.47 bits per heavy atom. The zero-order valence-electron chi connectivity index (χ0n) is 25.7. The van der Waals surface area contributed by atoms with Gasteiger partial charge in [0.25, 0.3) is 0 Å². The van der Waals surface area contributed by atoms with Gasteiger partial charge in [-0.3, -0.25) is 0 Å². The zero-order chi connectivity index (χ0) is 31.3. The van der Waals surface area contributed by atoms with Crippen molar-refractivity contribution in [3.05, 3.63) is 119 Å². The number of nitrogens with zero attached hydrogens (tertiary/aromatic N) is 2. The fraction of sp³-hybridized carbons (Fsp3) is 0.162. The Hall–Kier alpha value is -4.79. The van der Waals surface area contributed by atoms with Crippen molar-refractivity contribution in [3.8, 4) is 21.9 Å². The van der Waals surface area contributed by atoms with Gasteiger partial charge in [0, 0.05) is 45.8 Å². The molecule has 0 spiro atoms. The van der Waals surface area contributed by atoms with Crippen molar-refractivity contribution in [2.24, 2.45) is 0 Å². The first-order valence-electron chi connectivity index (χ1n) is 14.7. The van der Waals surface area contributed by atoms with E-state index >= 15 is 0 Å². The van der Waals surface area contributed by atoms with Crippen LogP contribution >= 0.6 is 22.7 Å². The third-order valence-corrected chi connectivity index (χ3v) is 10.00. The number of anilines is 3. The molecule has 0 saturated heterocycles. The molecular formula is C37H34N2O4S2. The third kappa shape index (κ3) is 6.53. The Kier molecular flexibility index (Phi) is 9.05. The highest BCUT2D eigenvalue weighted by molar-refractivity contribution is 7.27. The first-order valence-corrected chi connectivity index (χ1v) is 16.3. The van der Waals surface area contributed by atoms with Gasteiger partial charge < -0.3 is 24.0 Å². The van der Waals surface area contributed by atoms with Gasteiger partial charge in [-0.05, 0) is 103 Å². The Bertz CT molecular complexity index is 1830. The highest BCUT2D eigenvalue weighted by atomic mass is 32.1. The summed E-state index contributed by atoms with van der Waals surface area (Å²) in [6.07, 6.45) is 10.7. The second-order valence-corrected chi connectivity index (χ2v) is 12.5. The van der Waals surface area contributed by atoms with Crippen molar-refractivity contribution in [2.45, 2.75) is 6.92 Å². The molecule has 5 aromatic rings. The maximum atomic E-state index is 12.7. The molecule has 2 aromatic heterocycles. The van der Waals surface area contributed by atoms with E-state index in [1.807, 2.05) is 37.3 Å². The molecular weight excluding hydrogens is 601 g/mol. The molecule has 228 valence electrons. The molecule has 1 aliphatic rings. The molecule has 0 N–H and O–H groups in total. The van der Waals surface area contributed by atoms with Crippen molar-refractivity contribution in [2.75, 3.05) is 39.3 Å². The normalized spacial score (nSPS) is 12.9. The first-order chi connectivity index (χ1) is 22.0. The van der Waals surface area contributed by atoms with E-state index in [1.165, 1.54) is 16.9 Å². The smallest absolute Gasteiger partial charge is 0.348 e. The maximum absolute atomic E-state index is 12.7. The quantitative estimate of drug-likeness (QED) is 0.143. The van der Waals surface area contributed by atoms with Crippen molar-refractivity contribution < 1.29 is 19.0 Å². The van der Waals surface area contributed by atoms with Crippen LogP contribution in [0.4, 0.5) is 17.1 Å². The second-order valence-electron chi connectivity index (χ2n) is 10.4. The third-order valence-electron chi connectivity index (χ3n) is 7.50. The van der Waals surface area contributed by atoms with Crippen molar-refractivity contribution in [1.82, 2.24) is 4.90 Å². The molecule has 0 radical (unpaired) electrons. The maximum Gasteiger partial charge on any atom is 0.348 e. The highest BCUT2D eigenvalue weighted by Crippen LogP contribution is 2.45. The Balaban J connectivity index is 1.39. The van der Waals surface area contributed by atoms with Crippen LogP contribution in [0.25, 0.3) is 26.6 Å². The van der Waals surface area contributed by atoms with Gasteiger partial charge in [-0.15, -0.1) is 22.7 Å². The van der Waals surface area contributed by atoms with E-state index in [9.17, 15) is 4.79 Å². The van der Waals surface area contributed by atoms with Gasteiger partial charge in [0.05, 0.1) is 25.5 Å². The second kappa shape index (κ2) is 13.5. The molecule has 0 aliphatic carbocycles. The predicted molar refractivity (Wildman–Crippen MR) is 188 cm³/mol. The van der Waals surface area contributed by atoms with Crippen LogP contribution in [0.15, 0.2) is 109 Å². The number of rotatable bonds is 10. The monoisotopic (exact) mass is 634 g/mol. The molecule has 0 atom stereocenters. The summed E-state index contributed by atoms with van der Waals surface area (Å²) >= 11 is 3.23. The molecule has 3 heterocycles. The number of thiophene rings is 2. The number of carbonyl (C=O) groups excluding carboxylic acids is 1. The van der Waals surface area contributed by atoms with Crippen LogP contribution in [0.5, 0.6) is 11.5 Å². The van der Waals surface area contributed by atoms with E-state index in [4.69, 9.17) is 14.2 Å². The number of hydrogen-bond donors (Lipinski definition) is 0. The highest BCUT2D eigenvalue weighted by Gasteiger charge is 2.20. The minimum Gasteiger partial charge on any atom is -0.497 e. The lowest BCUT2D eigenvalue weighted by atomic mass is 10.1. The van der Waals surface area contributed by atoms with Crippen LogP contribution in [0.3, 0.4) is 0 Å². The largest absolute Gasteiger partial charge is 0.497 e. The van der Waals surface area contributed by atoms with Crippen LogP contribution in [-0.2, 0) is 4.74 Å². The van der Waals surface area contributed by atoms with E-state index in [1.54, 1.807) is 25.6 Å². The van der Waals surface area contributed by atoms with Gasteiger partial charge in [-0.1, -0.05) is 24.3 Å². The number of ether oxygens (including phenoxy) is 3. The molecule has 0 unspecified atom stereocenters. The number of likely N-dealkylation sites (N-methyl/N-ethyl adjacent to an activating group) is 1. The summed E-state index contributed by atoms with van der Waals surface area (Å²) in [4.78, 5) is 19.9. The molecule has 0 amide bonds. The van der Waals surface area contributed by atoms with Crippen molar-refractivity contribution >= 4 is 61.9 Å². The SMILES string of the molecule is CCOC(=O)c1cc2c(-c3ccc(N(c4ccc(OC)cc4)c4ccc(OC)cc4)cc3)sc(/C=C/C3=CCN(C)C=C3)c2s1. The van der Waals surface area contributed by atoms with E-state index in [0.717, 1.165) is 60.5 Å². The van der Waals surface area contributed by atoms with Gasteiger partial charge in [0.2, 0.25) is 0 Å². The molecule has 0 saturated carbocycles. The molecule has 6 rings (SSSR count). The van der Waals surface area contributed by atoms with Gasteiger partial charge in [-0.25, -0.2) is 4.79 Å². The summed E-state index contributed by atoms with van der Waals surface area (Å²) < 4.78 is 17.2. The number of carbonyl (C=O) groups is 1. The summed E-state index contributed by atoms with van der Waals surface area (Å²) in [6, 6.07) is 26.6. The van der Waals surface area contributed by atoms with Gasteiger partial charge in [0.15, 0.2) is 0 Å². The van der Waals surface area contributed by atoms with Crippen molar-refractivity contribution in [3.63, 3.8) is 0 Å². The lowest BCUT2D eigenvalue weighted by Crippen LogP contribution is -2.12. The fourth-order valence-electron chi connectivity index (χ4n) is 5.14. The van der Waals surface area contributed by atoms with E-state index in [0.29, 0.717) is 11.5 Å². The number of methoxy groups -OCH3 is 2. The van der Waals surface area contributed by atoms with Crippen LogP contribution < -0.4 is 14.4 Å². The van der Waals surface area contributed by atoms with Crippen LogP contribution in [-0.4, -0.2) is 45.3 Å². The Labute approximate surface area is 271 Å². The van der Waals surface area contributed by atoms with Gasteiger partial charge in [0.1, 0.15) is 16.4 Å². The average molecular weight is 635 g/mol. The molecule has 0 bridgehead atoms. The molecule has 1 aliphatic heterocycles. The topological polar surface area (TPSA) is 51.2 Å². The summed E-state index contributed by atoms with van der Waals surface area (Å²) in [5.74, 6) is 1.32. The number of hydrogen-bond acceptors (Lipinski definition) is 8. The van der Waals surface area contributed by atoms with Crippen molar-refractivity contribution in [1.29, 1.82) is 0 Å². The molecule has 0 fully saturated rings. The van der Waals surface area contributed by atoms with Gasteiger partial charge in [-0.2, -0.15) is 0 Å². The van der Waals surface area contributed by atoms with Gasteiger partial charge >= 0.3 is 5.97 Å². The average Bonchev–Trinajstić information content (AvgIpc) is 3.66. The minimum absolute atomic E-state index is 0.282. The standard InChI is InChI=1S/C37H34N2O4S2/c1-5-43-37(40)34-24-32-35(44-33(36(32)45-34)19-6-25-20-22-38(2)23-21-25)26-7-9-27(10-8-26)39(28-11-15-30(41-3)16-12-28)29-13-17-31(42-4)18-14-29/h6-22,24H,5,23H2,1-4H3/b19-6+. The molecule has 6 nitrogen and oxygen atoms in total. The molecule has 3 aromatic carbocycles. The first kappa shape index (κ1) is 30.2. The zero-order valence-corrected chi connectivity index (χ0v) is 27.3. The lowest BCUT2D eigenvalue weighted by molar-refractivity contribution is 0.0532. The number of fused-ring (bicyclic) bond motifs is 1. The van der Waals surface area contributed by atoms with Crippen LogP contribution in [0, 0.1) is 0 Å². The van der Waals surface area contributed by atoms with E-state index in [-0.39, 0.29) is 5.97 Å². The fourth-order valence-corrected chi connectivity index (χ4v) is 7.52. The molecule has 45 heavy (non-hydrogen) atoms. The lowest BCUT2D eigenvalue weighted by Gasteiger charge is -2.26. The summed E-state index contributed by atoms with van der Waals surface area (Å²) in [6.45, 7) is 3.06.